The SMILES string of the molecule is CCCc1cc(C(=O)Nc2nc3ccccc3n2C(C)(C)C)n[nH]1. The zero-order chi connectivity index (χ0) is 17.3. The van der Waals surface area contributed by atoms with Gasteiger partial charge in [-0.1, -0.05) is 25.5 Å². The van der Waals surface area contributed by atoms with Crippen LogP contribution in [0.3, 0.4) is 0 Å². The van der Waals surface area contributed by atoms with Gasteiger partial charge in [-0.25, -0.2) is 4.98 Å². The second-order valence-corrected chi connectivity index (χ2v) is 6.91. The molecule has 3 rings (SSSR count). The largest absolute Gasteiger partial charge is 0.305 e. The van der Waals surface area contributed by atoms with E-state index in [2.05, 4.69) is 48.2 Å². The summed E-state index contributed by atoms with van der Waals surface area (Å²) in [7, 11) is 0. The van der Waals surface area contributed by atoms with Crippen LogP contribution >= 0.6 is 0 Å². The lowest BCUT2D eigenvalue weighted by Gasteiger charge is -2.24. The Morgan fingerprint density at radius 3 is 2.75 bits per heavy atom. The number of carbonyl (C=O) groups excluding carboxylic acids is 1. The van der Waals surface area contributed by atoms with Crippen LogP contribution in [-0.4, -0.2) is 25.7 Å². The highest BCUT2D eigenvalue weighted by atomic mass is 16.2. The van der Waals surface area contributed by atoms with Gasteiger partial charge in [-0.3, -0.25) is 15.2 Å². The van der Waals surface area contributed by atoms with Gasteiger partial charge >= 0.3 is 0 Å². The Kier molecular flexibility index (Phi) is 4.13. The van der Waals surface area contributed by atoms with Gasteiger partial charge in [0.15, 0.2) is 5.69 Å². The number of aryl methyl sites for hydroxylation is 1. The lowest BCUT2D eigenvalue weighted by molar-refractivity contribution is 0.102. The van der Waals surface area contributed by atoms with E-state index in [1.807, 2.05) is 28.8 Å². The van der Waals surface area contributed by atoms with Crippen molar-refractivity contribution in [1.29, 1.82) is 0 Å². The van der Waals surface area contributed by atoms with Gasteiger partial charge in [0.1, 0.15) is 0 Å². The number of carbonyl (C=O) groups is 1. The molecule has 0 fully saturated rings. The second kappa shape index (κ2) is 6.11. The van der Waals surface area contributed by atoms with Crippen LogP contribution in [0, 0.1) is 0 Å². The molecular formula is C18H23N5O. The lowest BCUT2D eigenvalue weighted by Crippen LogP contribution is -2.26. The molecule has 6 nitrogen and oxygen atoms in total. The Labute approximate surface area is 141 Å². The maximum Gasteiger partial charge on any atom is 0.278 e. The molecule has 0 spiro atoms. The number of rotatable bonds is 4. The molecule has 0 atom stereocenters. The van der Waals surface area contributed by atoms with E-state index >= 15 is 0 Å². The number of hydrogen-bond acceptors (Lipinski definition) is 3. The Hall–Kier alpha value is -2.63. The standard InChI is InChI=1S/C18H23N5O/c1-5-8-12-11-14(22-21-12)16(24)20-17-19-13-9-6-7-10-15(13)23(17)18(2,3)4/h6-7,9-11H,5,8H2,1-4H3,(H,21,22)(H,19,20,24). The van der Waals surface area contributed by atoms with E-state index in [4.69, 9.17) is 0 Å². The van der Waals surface area contributed by atoms with Crippen LogP contribution in [0.25, 0.3) is 11.0 Å². The molecule has 2 N–H and O–H groups in total. The first-order valence-corrected chi connectivity index (χ1v) is 8.23. The molecule has 126 valence electrons. The molecule has 2 aromatic heterocycles. The van der Waals surface area contributed by atoms with Gasteiger partial charge in [0.25, 0.3) is 5.91 Å². The van der Waals surface area contributed by atoms with Crippen molar-refractivity contribution in [1.82, 2.24) is 19.7 Å². The van der Waals surface area contributed by atoms with E-state index in [9.17, 15) is 4.79 Å². The monoisotopic (exact) mass is 325 g/mol. The number of nitrogens with zero attached hydrogens (tertiary/aromatic N) is 3. The molecule has 1 amide bonds. The smallest absolute Gasteiger partial charge is 0.278 e. The normalized spacial score (nSPS) is 11.8. The third-order valence-electron chi connectivity index (χ3n) is 3.84. The van der Waals surface area contributed by atoms with Crippen molar-refractivity contribution in [2.45, 2.75) is 46.1 Å². The maximum atomic E-state index is 12.5. The molecule has 0 saturated carbocycles. The molecule has 0 bridgehead atoms. The van der Waals surface area contributed by atoms with Crippen LogP contribution in [0.2, 0.25) is 0 Å². The number of nitrogens with one attached hydrogen (secondary N) is 2. The molecule has 24 heavy (non-hydrogen) atoms. The van der Waals surface area contributed by atoms with E-state index in [0.29, 0.717) is 11.6 Å². The quantitative estimate of drug-likeness (QED) is 0.767. The Bertz CT molecular complexity index is 869. The topological polar surface area (TPSA) is 75.6 Å². The van der Waals surface area contributed by atoms with Gasteiger partial charge in [0, 0.05) is 11.2 Å². The van der Waals surface area contributed by atoms with Crippen LogP contribution in [0.4, 0.5) is 5.95 Å². The molecule has 3 aromatic rings. The summed E-state index contributed by atoms with van der Waals surface area (Å²) in [4.78, 5) is 17.1. The summed E-state index contributed by atoms with van der Waals surface area (Å²) < 4.78 is 2.04. The highest BCUT2D eigenvalue weighted by molar-refractivity contribution is 6.02. The maximum absolute atomic E-state index is 12.5. The molecule has 6 heteroatoms. The minimum absolute atomic E-state index is 0.211. The van der Waals surface area contributed by atoms with Crippen molar-refractivity contribution >= 4 is 22.9 Å². The average Bonchev–Trinajstić information content (AvgIpc) is 3.10. The summed E-state index contributed by atoms with van der Waals surface area (Å²) in [6.45, 7) is 8.35. The first kappa shape index (κ1) is 16.2. The number of para-hydroxylation sites is 2. The summed E-state index contributed by atoms with van der Waals surface area (Å²) in [5.41, 5.74) is 2.99. The number of imidazole rings is 1. The third kappa shape index (κ3) is 3.04. The van der Waals surface area contributed by atoms with E-state index in [0.717, 1.165) is 29.6 Å². The average molecular weight is 325 g/mol. The van der Waals surface area contributed by atoms with E-state index in [1.54, 1.807) is 6.07 Å². The van der Waals surface area contributed by atoms with Gasteiger partial charge in [-0.2, -0.15) is 5.10 Å². The summed E-state index contributed by atoms with van der Waals surface area (Å²) in [6.07, 6.45) is 1.88. The number of hydrogen-bond donors (Lipinski definition) is 2. The predicted octanol–water partition coefficient (Wildman–Crippen LogP) is 3.72. The summed E-state index contributed by atoms with van der Waals surface area (Å²) in [6, 6.07) is 9.67. The van der Waals surface area contributed by atoms with Crippen LogP contribution in [-0.2, 0) is 12.0 Å². The van der Waals surface area contributed by atoms with Crippen molar-refractivity contribution in [3.63, 3.8) is 0 Å². The molecule has 0 radical (unpaired) electrons. The predicted molar refractivity (Wildman–Crippen MR) is 95.3 cm³/mol. The second-order valence-electron chi connectivity index (χ2n) is 6.91. The van der Waals surface area contributed by atoms with E-state index in [1.165, 1.54) is 0 Å². The molecule has 1 aromatic carbocycles. The number of H-pyrrole nitrogens is 1. The van der Waals surface area contributed by atoms with Crippen molar-refractivity contribution in [2.75, 3.05) is 5.32 Å². The molecule has 0 aliphatic heterocycles. The number of amides is 1. The lowest BCUT2D eigenvalue weighted by atomic mass is 10.1. The van der Waals surface area contributed by atoms with Gasteiger partial charge < -0.3 is 4.57 Å². The first-order chi connectivity index (χ1) is 11.4. The number of aromatic amines is 1. The van der Waals surface area contributed by atoms with Crippen LogP contribution in [0.1, 0.15) is 50.3 Å². The van der Waals surface area contributed by atoms with Crippen molar-refractivity contribution in [3.05, 3.63) is 41.7 Å². The van der Waals surface area contributed by atoms with Crippen molar-refractivity contribution in [2.24, 2.45) is 0 Å². The number of anilines is 1. The van der Waals surface area contributed by atoms with Crippen molar-refractivity contribution < 1.29 is 4.79 Å². The van der Waals surface area contributed by atoms with Gasteiger partial charge in [-0.05, 0) is 45.4 Å². The van der Waals surface area contributed by atoms with Crippen LogP contribution < -0.4 is 5.32 Å². The molecular weight excluding hydrogens is 302 g/mol. The third-order valence-corrected chi connectivity index (χ3v) is 3.84. The Morgan fingerprint density at radius 1 is 1.29 bits per heavy atom. The molecule has 0 aliphatic carbocycles. The first-order valence-electron chi connectivity index (χ1n) is 8.23. The molecule has 0 aliphatic rings. The molecule has 0 saturated heterocycles. The van der Waals surface area contributed by atoms with Crippen LogP contribution in [0.15, 0.2) is 30.3 Å². The molecule has 2 heterocycles. The summed E-state index contributed by atoms with van der Waals surface area (Å²) in [5, 5.41) is 9.92. The zero-order valence-corrected chi connectivity index (χ0v) is 14.6. The van der Waals surface area contributed by atoms with Crippen LogP contribution in [0.5, 0.6) is 0 Å². The van der Waals surface area contributed by atoms with E-state index < -0.39 is 0 Å². The van der Waals surface area contributed by atoms with Crippen molar-refractivity contribution in [3.8, 4) is 0 Å². The Morgan fingerprint density at radius 2 is 2.04 bits per heavy atom. The minimum Gasteiger partial charge on any atom is -0.305 e. The minimum atomic E-state index is -0.255. The number of benzene rings is 1. The van der Waals surface area contributed by atoms with Gasteiger partial charge in [0.2, 0.25) is 5.95 Å². The fraction of sp³-hybridized carbons (Fsp3) is 0.389. The summed E-state index contributed by atoms with van der Waals surface area (Å²) in [5.74, 6) is 0.281. The zero-order valence-electron chi connectivity index (χ0n) is 14.6. The Balaban J connectivity index is 1.95. The van der Waals surface area contributed by atoms with E-state index in [-0.39, 0.29) is 11.4 Å². The highest BCUT2D eigenvalue weighted by Crippen LogP contribution is 2.28. The van der Waals surface area contributed by atoms with Gasteiger partial charge in [0.05, 0.1) is 11.0 Å². The fourth-order valence-corrected chi connectivity index (χ4v) is 2.83. The highest BCUT2D eigenvalue weighted by Gasteiger charge is 2.23. The fourth-order valence-electron chi connectivity index (χ4n) is 2.83. The number of fused-ring (bicyclic) bond motifs is 1. The van der Waals surface area contributed by atoms with Gasteiger partial charge in [-0.15, -0.1) is 0 Å². The number of aromatic nitrogens is 4. The molecule has 0 unspecified atom stereocenters. The summed E-state index contributed by atoms with van der Waals surface area (Å²) >= 11 is 0.